The molecule has 1 saturated heterocycles. The van der Waals surface area contributed by atoms with E-state index in [1.165, 1.54) is 21.5 Å². The van der Waals surface area contributed by atoms with E-state index < -0.39 is 0 Å². The van der Waals surface area contributed by atoms with Gasteiger partial charge in [-0.1, -0.05) is 24.3 Å². The number of aromatic amines is 1. The van der Waals surface area contributed by atoms with Crippen LogP contribution in [0.5, 0.6) is 11.5 Å². The van der Waals surface area contributed by atoms with Crippen molar-refractivity contribution < 1.29 is 9.47 Å². The molecule has 0 radical (unpaired) electrons. The summed E-state index contributed by atoms with van der Waals surface area (Å²) in [5.74, 6) is 2.65. The maximum Gasteiger partial charge on any atom is 0.328 e. The lowest BCUT2D eigenvalue weighted by Crippen LogP contribution is -2.35. The van der Waals surface area contributed by atoms with Gasteiger partial charge in [-0.25, -0.2) is 4.79 Å². The lowest BCUT2D eigenvalue weighted by atomic mass is 9.87. The van der Waals surface area contributed by atoms with Gasteiger partial charge in [-0.2, -0.15) is 0 Å². The van der Waals surface area contributed by atoms with E-state index in [-0.39, 0.29) is 11.2 Å². The molecule has 0 bridgehead atoms. The van der Waals surface area contributed by atoms with Crippen molar-refractivity contribution in [3.8, 4) is 11.5 Å². The summed E-state index contributed by atoms with van der Waals surface area (Å²) in [6.07, 6.45) is 0.745. The van der Waals surface area contributed by atoms with E-state index in [1.807, 2.05) is 36.4 Å². The van der Waals surface area contributed by atoms with Gasteiger partial charge in [-0.05, 0) is 30.7 Å². The van der Waals surface area contributed by atoms with Gasteiger partial charge in [-0.3, -0.25) is 9.36 Å². The fourth-order valence-corrected chi connectivity index (χ4v) is 6.41. The van der Waals surface area contributed by atoms with Crippen LogP contribution in [-0.2, 0) is 6.54 Å². The van der Waals surface area contributed by atoms with Crippen molar-refractivity contribution in [3.05, 3.63) is 68.9 Å². The number of rotatable bonds is 5. The molecule has 4 heterocycles. The van der Waals surface area contributed by atoms with Gasteiger partial charge in [0, 0.05) is 47.6 Å². The lowest BCUT2D eigenvalue weighted by Gasteiger charge is -2.28. The number of aromatic nitrogens is 2. The van der Waals surface area contributed by atoms with Crippen LogP contribution in [0.4, 0.5) is 0 Å². The molecule has 2 aromatic carbocycles. The van der Waals surface area contributed by atoms with E-state index >= 15 is 0 Å². The second-order valence-corrected chi connectivity index (χ2v) is 9.94. The molecule has 2 aromatic heterocycles. The third kappa shape index (κ3) is 3.45. The summed E-state index contributed by atoms with van der Waals surface area (Å²) in [6, 6.07) is 13.9. The van der Waals surface area contributed by atoms with Crippen LogP contribution in [-0.4, -0.2) is 47.8 Å². The Kier molecular flexibility index (Phi) is 4.99. The molecule has 0 unspecified atom stereocenters. The summed E-state index contributed by atoms with van der Waals surface area (Å²) in [5.41, 5.74) is 1.38. The fourth-order valence-electron chi connectivity index (χ4n) is 5.30. The molecule has 33 heavy (non-hydrogen) atoms. The van der Waals surface area contributed by atoms with Gasteiger partial charge in [0.2, 0.25) is 0 Å². The Morgan fingerprint density at radius 1 is 1.15 bits per heavy atom. The summed E-state index contributed by atoms with van der Waals surface area (Å²) in [7, 11) is 1.67. The number of benzene rings is 2. The smallest absolute Gasteiger partial charge is 0.328 e. The molecule has 0 saturated carbocycles. The SMILES string of the molecule is COc1ccc2c(c1)OC[C@H]1CN(CCCn3c(=O)[nH]c4c(sc5ccccc54)c3=O)C[C@@H]21. The Bertz CT molecular complexity index is 1470. The molecular formula is C25H25N3O4S. The summed E-state index contributed by atoms with van der Waals surface area (Å²) >= 11 is 1.44. The second kappa shape index (κ2) is 8.04. The van der Waals surface area contributed by atoms with Crippen LogP contribution in [0.2, 0.25) is 0 Å². The molecule has 7 nitrogen and oxygen atoms in total. The quantitative estimate of drug-likeness (QED) is 0.491. The molecule has 8 heteroatoms. The molecule has 170 valence electrons. The molecule has 2 aliphatic heterocycles. The van der Waals surface area contributed by atoms with Crippen LogP contribution < -0.4 is 20.7 Å². The standard InChI is InChI=1S/C25H25N3O4S/c1-31-16-7-8-17-19-13-27(12-15(19)14-32-20(17)11-16)9-4-10-28-24(29)23-22(26-25(28)30)18-5-2-3-6-21(18)33-23/h2-3,5-8,11,15,19H,4,9-10,12-14H2,1H3,(H,26,30)/t15-,19-/m1/s1. The number of ether oxygens (including phenoxy) is 2. The number of nitrogens with zero attached hydrogens (tertiary/aromatic N) is 2. The largest absolute Gasteiger partial charge is 0.497 e. The van der Waals surface area contributed by atoms with E-state index in [2.05, 4.69) is 16.0 Å². The molecule has 0 spiro atoms. The Hall–Kier alpha value is -3.10. The van der Waals surface area contributed by atoms with Crippen molar-refractivity contribution in [3.63, 3.8) is 0 Å². The normalized spacial score (nSPS) is 20.0. The Balaban J connectivity index is 1.17. The van der Waals surface area contributed by atoms with E-state index in [1.54, 1.807) is 7.11 Å². The molecule has 4 aromatic rings. The third-order valence-electron chi connectivity index (χ3n) is 6.96. The number of hydrogen-bond acceptors (Lipinski definition) is 6. The lowest BCUT2D eigenvalue weighted by molar-refractivity contribution is 0.211. The summed E-state index contributed by atoms with van der Waals surface area (Å²) in [6.45, 7) is 3.90. The molecular weight excluding hydrogens is 438 g/mol. The third-order valence-corrected chi connectivity index (χ3v) is 8.12. The van der Waals surface area contributed by atoms with Crippen molar-refractivity contribution >= 4 is 31.6 Å². The zero-order valence-corrected chi connectivity index (χ0v) is 19.2. The second-order valence-electron chi connectivity index (χ2n) is 8.88. The van der Waals surface area contributed by atoms with E-state index in [0.717, 1.165) is 47.6 Å². The van der Waals surface area contributed by atoms with Crippen molar-refractivity contribution in [2.75, 3.05) is 33.4 Å². The number of nitrogens with one attached hydrogen (secondary N) is 1. The fraction of sp³-hybridized carbons (Fsp3) is 0.360. The zero-order valence-electron chi connectivity index (χ0n) is 18.4. The van der Waals surface area contributed by atoms with Crippen molar-refractivity contribution in [2.24, 2.45) is 5.92 Å². The van der Waals surface area contributed by atoms with Crippen LogP contribution in [0.25, 0.3) is 20.3 Å². The number of methoxy groups -OCH3 is 1. The highest BCUT2D eigenvalue weighted by Gasteiger charge is 2.38. The van der Waals surface area contributed by atoms with Crippen LogP contribution >= 0.6 is 11.3 Å². The van der Waals surface area contributed by atoms with Gasteiger partial charge in [0.15, 0.2) is 0 Å². The molecule has 1 N–H and O–H groups in total. The molecule has 1 fully saturated rings. The maximum atomic E-state index is 13.1. The van der Waals surface area contributed by atoms with E-state index in [4.69, 9.17) is 9.47 Å². The summed E-state index contributed by atoms with van der Waals surface area (Å²) in [4.78, 5) is 31.1. The van der Waals surface area contributed by atoms with Crippen LogP contribution in [0.1, 0.15) is 17.9 Å². The van der Waals surface area contributed by atoms with E-state index in [0.29, 0.717) is 35.2 Å². The van der Waals surface area contributed by atoms with Gasteiger partial charge in [0.1, 0.15) is 16.2 Å². The highest BCUT2D eigenvalue weighted by atomic mass is 32.1. The highest BCUT2D eigenvalue weighted by molar-refractivity contribution is 7.25. The first-order valence-electron chi connectivity index (χ1n) is 11.3. The Morgan fingerprint density at radius 3 is 2.91 bits per heavy atom. The first kappa shape index (κ1) is 20.5. The van der Waals surface area contributed by atoms with Gasteiger partial charge in [-0.15, -0.1) is 11.3 Å². The molecule has 0 aliphatic carbocycles. The van der Waals surface area contributed by atoms with Gasteiger partial charge >= 0.3 is 5.69 Å². The van der Waals surface area contributed by atoms with Gasteiger partial charge in [0.05, 0.1) is 19.2 Å². The van der Waals surface area contributed by atoms with E-state index in [9.17, 15) is 9.59 Å². The average molecular weight is 464 g/mol. The Labute approximate surface area is 194 Å². The summed E-state index contributed by atoms with van der Waals surface area (Å²) in [5, 5.41) is 0.929. The number of hydrogen-bond donors (Lipinski definition) is 1. The van der Waals surface area contributed by atoms with Crippen LogP contribution in [0.3, 0.4) is 0 Å². The first-order valence-corrected chi connectivity index (χ1v) is 12.1. The summed E-state index contributed by atoms with van der Waals surface area (Å²) < 4.78 is 14.3. The topological polar surface area (TPSA) is 76.6 Å². The molecule has 2 aliphatic rings. The first-order chi connectivity index (χ1) is 16.1. The average Bonchev–Trinajstić information content (AvgIpc) is 3.42. The Morgan fingerprint density at radius 2 is 2.03 bits per heavy atom. The highest BCUT2D eigenvalue weighted by Crippen LogP contribution is 2.42. The maximum absolute atomic E-state index is 13.1. The number of H-pyrrole nitrogens is 1. The molecule has 6 rings (SSSR count). The van der Waals surface area contributed by atoms with Crippen molar-refractivity contribution in [1.29, 1.82) is 0 Å². The predicted molar refractivity (Wildman–Crippen MR) is 130 cm³/mol. The van der Waals surface area contributed by atoms with Crippen molar-refractivity contribution in [1.82, 2.24) is 14.5 Å². The van der Waals surface area contributed by atoms with Gasteiger partial charge < -0.3 is 19.4 Å². The number of likely N-dealkylation sites (tertiary alicyclic amines) is 1. The van der Waals surface area contributed by atoms with Gasteiger partial charge in [0.25, 0.3) is 5.56 Å². The zero-order chi connectivity index (χ0) is 22.5. The number of thiophene rings is 1. The van der Waals surface area contributed by atoms with Crippen LogP contribution in [0.15, 0.2) is 52.1 Å². The monoisotopic (exact) mass is 463 g/mol. The minimum absolute atomic E-state index is 0.193. The van der Waals surface area contributed by atoms with Crippen molar-refractivity contribution in [2.45, 2.75) is 18.9 Å². The minimum Gasteiger partial charge on any atom is -0.497 e. The minimum atomic E-state index is -0.331. The molecule has 2 atom stereocenters. The molecule has 0 amide bonds. The predicted octanol–water partition coefficient (Wildman–Crippen LogP) is 3.41. The van der Waals surface area contributed by atoms with Crippen LogP contribution in [0, 0.1) is 5.92 Å². The number of fused-ring (bicyclic) bond motifs is 6.